The SMILES string of the molecule is C[C@@H](Oc1ccc2c(c1)c1ccnc3c4ccccc4c(=O)n2c13)C(=O)N1CCN(c2ccccc2)CC1. The van der Waals surface area contributed by atoms with E-state index in [-0.39, 0.29) is 11.5 Å². The maximum absolute atomic E-state index is 13.5. The maximum atomic E-state index is 13.5. The predicted molar refractivity (Wildman–Crippen MR) is 150 cm³/mol. The molecule has 6 aromatic rings. The Morgan fingerprint density at radius 3 is 2.37 bits per heavy atom. The Morgan fingerprint density at radius 2 is 1.58 bits per heavy atom. The van der Waals surface area contributed by atoms with Crippen molar-refractivity contribution >= 4 is 49.7 Å². The number of nitrogens with zero attached hydrogens (tertiary/aromatic N) is 4. The van der Waals surface area contributed by atoms with Crippen LogP contribution < -0.4 is 15.2 Å². The quantitative estimate of drug-likeness (QED) is 0.327. The highest BCUT2D eigenvalue weighted by molar-refractivity contribution is 6.18. The minimum atomic E-state index is -0.622. The van der Waals surface area contributed by atoms with Crippen molar-refractivity contribution in [1.82, 2.24) is 14.3 Å². The van der Waals surface area contributed by atoms with Gasteiger partial charge in [-0.25, -0.2) is 0 Å². The van der Waals surface area contributed by atoms with Crippen LogP contribution in [-0.2, 0) is 4.79 Å². The number of hydrogen-bond donors (Lipinski definition) is 0. The summed E-state index contributed by atoms with van der Waals surface area (Å²) in [6.45, 7) is 4.70. The van der Waals surface area contributed by atoms with Gasteiger partial charge in [0.2, 0.25) is 0 Å². The number of piperazine rings is 1. The van der Waals surface area contributed by atoms with Crippen LogP contribution in [0.1, 0.15) is 6.92 Å². The first-order valence-electron chi connectivity index (χ1n) is 12.9. The zero-order chi connectivity index (χ0) is 25.8. The molecule has 0 saturated carbocycles. The number of benzene rings is 3. The molecule has 0 radical (unpaired) electrons. The summed E-state index contributed by atoms with van der Waals surface area (Å²) < 4.78 is 7.91. The van der Waals surface area contributed by atoms with Gasteiger partial charge in [0, 0.05) is 59.6 Å². The van der Waals surface area contributed by atoms with Crippen molar-refractivity contribution in [2.75, 3.05) is 31.1 Å². The number of hydrogen-bond acceptors (Lipinski definition) is 5. The van der Waals surface area contributed by atoms with E-state index in [0.29, 0.717) is 24.2 Å². The van der Waals surface area contributed by atoms with E-state index in [4.69, 9.17) is 4.74 Å². The number of carbonyl (C=O) groups is 1. The van der Waals surface area contributed by atoms with Gasteiger partial charge in [-0.05, 0) is 49.4 Å². The highest BCUT2D eigenvalue weighted by atomic mass is 16.5. The average Bonchev–Trinajstić information content (AvgIpc) is 3.31. The van der Waals surface area contributed by atoms with Crippen LogP contribution in [-0.4, -0.2) is 52.5 Å². The molecule has 1 aliphatic rings. The Morgan fingerprint density at radius 1 is 0.842 bits per heavy atom. The zero-order valence-electron chi connectivity index (χ0n) is 21.0. The van der Waals surface area contributed by atoms with E-state index in [0.717, 1.165) is 45.8 Å². The highest BCUT2D eigenvalue weighted by Crippen LogP contribution is 2.34. The Balaban J connectivity index is 1.18. The second-order valence-corrected chi connectivity index (χ2v) is 9.83. The average molecular weight is 503 g/mol. The van der Waals surface area contributed by atoms with Crippen molar-refractivity contribution in [1.29, 1.82) is 0 Å². The Kier molecular flexibility index (Phi) is 5.18. The van der Waals surface area contributed by atoms with Crippen LogP contribution in [0.2, 0.25) is 0 Å². The summed E-state index contributed by atoms with van der Waals surface area (Å²) in [5.74, 6) is 0.582. The second kappa shape index (κ2) is 8.73. The Labute approximate surface area is 218 Å². The maximum Gasteiger partial charge on any atom is 0.263 e. The number of para-hydroxylation sites is 1. The summed E-state index contributed by atoms with van der Waals surface area (Å²) in [5.41, 5.74) is 3.53. The van der Waals surface area contributed by atoms with E-state index in [1.165, 1.54) is 5.69 Å². The van der Waals surface area contributed by atoms with Gasteiger partial charge < -0.3 is 14.5 Å². The fraction of sp³-hybridized carbons (Fsp3) is 0.194. The number of aromatic nitrogens is 2. The molecule has 1 atom stereocenters. The lowest BCUT2D eigenvalue weighted by Crippen LogP contribution is -2.52. The number of rotatable bonds is 4. The number of ether oxygens (including phenoxy) is 1. The molecule has 1 aliphatic heterocycles. The molecule has 3 aromatic heterocycles. The Hall–Kier alpha value is -4.65. The van der Waals surface area contributed by atoms with Gasteiger partial charge in [0.05, 0.1) is 16.6 Å². The molecule has 3 aromatic carbocycles. The van der Waals surface area contributed by atoms with E-state index in [1.807, 2.05) is 71.6 Å². The summed E-state index contributed by atoms with van der Waals surface area (Å²) in [4.78, 5) is 35.5. The third-order valence-electron chi connectivity index (χ3n) is 7.64. The summed E-state index contributed by atoms with van der Waals surface area (Å²) >= 11 is 0. The fourth-order valence-corrected chi connectivity index (χ4v) is 5.76. The molecular formula is C31H26N4O3. The third-order valence-corrected chi connectivity index (χ3v) is 7.64. The molecule has 7 heteroatoms. The standard InChI is InChI=1S/C31H26N4O3/c1-20(30(36)34-17-15-33(16-18-34)21-7-3-2-4-8-21)38-22-11-12-27-26(19-22)24-13-14-32-28-23-9-5-6-10-25(23)31(37)35(27)29(24)28/h2-14,19-20H,15-18H2,1H3/t20-/m1/s1. The first-order chi connectivity index (χ1) is 18.6. The molecule has 188 valence electrons. The molecule has 0 bridgehead atoms. The first kappa shape index (κ1) is 22.5. The molecule has 4 heterocycles. The van der Waals surface area contributed by atoms with Crippen LogP contribution in [0.4, 0.5) is 5.69 Å². The van der Waals surface area contributed by atoms with E-state index < -0.39 is 6.10 Å². The molecule has 0 aliphatic carbocycles. The van der Waals surface area contributed by atoms with Crippen molar-refractivity contribution in [2.24, 2.45) is 0 Å². The van der Waals surface area contributed by atoms with Gasteiger partial charge in [-0.1, -0.05) is 36.4 Å². The van der Waals surface area contributed by atoms with Gasteiger partial charge in [-0.3, -0.25) is 19.0 Å². The molecule has 1 fully saturated rings. The first-order valence-corrected chi connectivity index (χ1v) is 12.9. The molecule has 1 amide bonds. The summed E-state index contributed by atoms with van der Waals surface area (Å²) in [6, 6.07) is 25.5. The van der Waals surface area contributed by atoms with Gasteiger partial charge in [0.25, 0.3) is 11.5 Å². The molecule has 0 N–H and O–H groups in total. The third kappa shape index (κ3) is 3.46. The number of carbonyl (C=O) groups excluding carboxylic acids is 1. The van der Waals surface area contributed by atoms with Crippen molar-refractivity contribution in [3.8, 4) is 5.75 Å². The van der Waals surface area contributed by atoms with Crippen LogP contribution in [0.5, 0.6) is 5.75 Å². The number of fused-ring (bicyclic) bond motifs is 5. The minimum absolute atomic E-state index is 0.0183. The molecule has 7 rings (SSSR count). The largest absolute Gasteiger partial charge is 0.481 e. The van der Waals surface area contributed by atoms with Crippen molar-refractivity contribution in [3.63, 3.8) is 0 Å². The van der Waals surface area contributed by atoms with E-state index in [2.05, 4.69) is 22.0 Å². The van der Waals surface area contributed by atoms with Gasteiger partial charge in [0.15, 0.2) is 6.10 Å². The van der Waals surface area contributed by atoms with Crippen LogP contribution in [0.25, 0.3) is 38.1 Å². The zero-order valence-corrected chi connectivity index (χ0v) is 21.0. The number of pyridine rings is 2. The van der Waals surface area contributed by atoms with Crippen LogP contribution in [0, 0.1) is 0 Å². The van der Waals surface area contributed by atoms with Crippen molar-refractivity contribution < 1.29 is 9.53 Å². The highest BCUT2D eigenvalue weighted by Gasteiger charge is 2.26. The summed E-state index contributed by atoms with van der Waals surface area (Å²) in [6.07, 6.45) is 1.16. The van der Waals surface area contributed by atoms with Gasteiger partial charge in [0.1, 0.15) is 5.75 Å². The Bertz CT molecular complexity index is 1870. The van der Waals surface area contributed by atoms with E-state index in [1.54, 1.807) is 17.5 Å². The van der Waals surface area contributed by atoms with Crippen molar-refractivity contribution in [3.05, 3.63) is 95.4 Å². The lowest BCUT2D eigenvalue weighted by Gasteiger charge is -2.37. The normalized spacial score (nSPS) is 15.1. The molecule has 1 saturated heterocycles. The van der Waals surface area contributed by atoms with Gasteiger partial charge in [-0.15, -0.1) is 0 Å². The number of amides is 1. The van der Waals surface area contributed by atoms with Crippen LogP contribution >= 0.6 is 0 Å². The molecule has 38 heavy (non-hydrogen) atoms. The summed E-state index contributed by atoms with van der Waals surface area (Å²) in [7, 11) is 0. The lowest BCUT2D eigenvalue weighted by molar-refractivity contribution is -0.138. The second-order valence-electron chi connectivity index (χ2n) is 9.83. The van der Waals surface area contributed by atoms with Crippen molar-refractivity contribution in [2.45, 2.75) is 13.0 Å². The monoisotopic (exact) mass is 502 g/mol. The summed E-state index contributed by atoms with van der Waals surface area (Å²) in [5, 5.41) is 3.33. The molecular weight excluding hydrogens is 476 g/mol. The topological polar surface area (TPSA) is 67.1 Å². The predicted octanol–water partition coefficient (Wildman–Crippen LogP) is 4.71. The van der Waals surface area contributed by atoms with Crippen LogP contribution in [0.3, 0.4) is 0 Å². The molecule has 7 nitrogen and oxygen atoms in total. The fourth-order valence-electron chi connectivity index (χ4n) is 5.76. The molecule has 0 spiro atoms. The molecule has 0 unspecified atom stereocenters. The smallest absolute Gasteiger partial charge is 0.263 e. The van der Waals surface area contributed by atoms with Gasteiger partial charge in [-0.2, -0.15) is 0 Å². The van der Waals surface area contributed by atoms with E-state index >= 15 is 0 Å². The minimum Gasteiger partial charge on any atom is -0.481 e. The number of anilines is 1. The lowest BCUT2D eigenvalue weighted by atomic mass is 10.1. The van der Waals surface area contributed by atoms with E-state index in [9.17, 15) is 9.59 Å². The van der Waals surface area contributed by atoms with Gasteiger partial charge >= 0.3 is 0 Å². The van der Waals surface area contributed by atoms with Crippen LogP contribution in [0.15, 0.2) is 89.9 Å².